The summed E-state index contributed by atoms with van der Waals surface area (Å²) in [7, 11) is 0. The van der Waals surface area contributed by atoms with Crippen LogP contribution in [0.25, 0.3) is 10.8 Å². The van der Waals surface area contributed by atoms with Crippen LogP contribution in [-0.4, -0.2) is 18.2 Å². The highest BCUT2D eigenvalue weighted by Crippen LogP contribution is 2.32. The van der Waals surface area contributed by atoms with Gasteiger partial charge in [-0.2, -0.15) is 0 Å². The van der Waals surface area contributed by atoms with Gasteiger partial charge in [-0.15, -0.1) is 0 Å². The second kappa shape index (κ2) is 5.77. The minimum atomic E-state index is -0.115. The Balaban J connectivity index is 1.83. The van der Waals surface area contributed by atoms with Gasteiger partial charge in [-0.3, -0.25) is 9.59 Å². The van der Waals surface area contributed by atoms with E-state index in [9.17, 15) is 9.59 Å². The van der Waals surface area contributed by atoms with Gasteiger partial charge in [-0.1, -0.05) is 35.9 Å². The van der Waals surface area contributed by atoms with E-state index in [1.165, 1.54) is 0 Å². The summed E-state index contributed by atoms with van der Waals surface area (Å²) in [6.45, 7) is 0.394. The molecule has 0 fully saturated rings. The molecule has 0 saturated heterocycles. The molecule has 4 rings (SSSR count). The zero-order valence-electron chi connectivity index (χ0n) is 12.8. The number of hydrogen-bond acceptors (Lipinski definition) is 2. The van der Waals surface area contributed by atoms with Crippen molar-refractivity contribution < 1.29 is 9.59 Å². The third-order valence-corrected chi connectivity index (χ3v) is 4.61. The molecule has 1 amide bonds. The van der Waals surface area contributed by atoms with Crippen molar-refractivity contribution >= 4 is 39.8 Å². The number of Topliss-reactive ketones (excluding diaryl/α,β-unsaturated/α-hetero) is 1. The average molecular weight is 336 g/mol. The Hall–Kier alpha value is -2.65. The number of ketones is 1. The molecule has 4 heteroatoms. The van der Waals surface area contributed by atoms with E-state index in [0.717, 1.165) is 10.8 Å². The molecule has 0 spiro atoms. The van der Waals surface area contributed by atoms with E-state index in [1.54, 1.807) is 29.2 Å². The van der Waals surface area contributed by atoms with Crippen LogP contribution in [0.3, 0.4) is 0 Å². The van der Waals surface area contributed by atoms with Gasteiger partial charge in [-0.05, 0) is 47.2 Å². The predicted octanol–water partition coefficient (Wildman–Crippen LogP) is 4.73. The van der Waals surface area contributed by atoms with Gasteiger partial charge in [0.2, 0.25) is 0 Å². The molecule has 0 unspecified atom stereocenters. The summed E-state index contributed by atoms with van der Waals surface area (Å²) in [5.41, 5.74) is 1.86. The summed E-state index contributed by atoms with van der Waals surface area (Å²) in [5, 5.41) is 2.61. The number of halogens is 1. The second-order valence-electron chi connectivity index (χ2n) is 5.85. The predicted molar refractivity (Wildman–Crippen MR) is 96.0 cm³/mol. The summed E-state index contributed by atoms with van der Waals surface area (Å²) < 4.78 is 0. The van der Waals surface area contributed by atoms with E-state index < -0.39 is 0 Å². The molecule has 118 valence electrons. The second-order valence-corrected chi connectivity index (χ2v) is 6.29. The molecule has 0 bridgehead atoms. The number of anilines is 1. The van der Waals surface area contributed by atoms with Gasteiger partial charge < -0.3 is 4.90 Å². The van der Waals surface area contributed by atoms with Gasteiger partial charge in [0, 0.05) is 29.1 Å². The number of fused-ring (bicyclic) bond motifs is 2. The van der Waals surface area contributed by atoms with Gasteiger partial charge >= 0.3 is 0 Å². The number of benzene rings is 3. The first kappa shape index (κ1) is 14.9. The van der Waals surface area contributed by atoms with Gasteiger partial charge in [0.05, 0.1) is 5.69 Å². The molecule has 1 aliphatic heterocycles. The molecule has 0 N–H and O–H groups in total. The van der Waals surface area contributed by atoms with Gasteiger partial charge in [0.25, 0.3) is 5.91 Å². The number of carbonyl (C=O) groups is 2. The highest BCUT2D eigenvalue weighted by Gasteiger charge is 2.28. The van der Waals surface area contributed by atoms with Crippen molar-refractivity contribution in [3.63, 3.8) is 0 Å². The molecule has 1 aliphatic rings. The summed E-state index contributed by atoms with van der Waals surface area (Å²) in [5.74, 6) is -0.0355. The highest BCUT2D eigenvalue weighted by atomic mass is 35.5. The molecule has 0 atom stereocenters. The summed E-state index contributed by atoms with van der Waals surface area (Å²) in [6.07, 6.45) is 0.338. The van der Waals surface area contributed by atoms with Crippen LogP contribution < -0.4 is 4.90 Å². The zero-order chi connectivity index (χ0) is 16.7. The van der Waals surface area contributed by atoms with Gasteiger partial charge in [-0.25, -0.2) is 0 Å². The molecule has 0 aromatic heterocycles. The lowest BCUT2D eigenvalue weighted by molar-refractivity contribution is 0.0955. The van der Waals surface area contributed by atoms with Crippen LogP contribution in [-0.2, 0) is 0 Å². The first-order valence-corrected chi connectivity index (χ1v) is 8.15. The first-order valence-electron chi connectivity index (χ1n) is 7.77. The zero-order valence-corrected chi connectivity index (χ0v) is 13.6. The Morgan fingerprint density at radius 1 is 0.958 bits per heavy atom. The molecule has 3 aromatic carbocycles. The number of rotatable bonds is 1. The van der Waals surface area contributed by atoms with E-state index >= 15 is 0 Å². The average Bonchev–Trinajstić information content (AvgIpc) is 2.61. The van der Waals surface area contributed by atoms with Crippen molar-refractivity contribution in [2.75, 3.05) is 11.4 Å². The third kappa shape index (κ3) is 2.47. The number of carbonyl (C=O) groups excluding carboxylic acids is 2. The maximum atomic E-state index is 12.9. The lowest BCUT2D eigenvalue weighted by Crippen LogP contribution is -2.37. The van der Waals surface area contributed by atoms with Gasteiger partial charge in [0.1, 0.15) is 0 Å². The van der Waals surface area contributed by atoms with E-state index in [2.05, 4.69) is 0 Å². The Morgan fingerprint density at radius 2 is 1.62 bits per heavy atom. The fourth-order valence-electron chi connectivity index (χ4n) is 3.10. The lowest BCUT2D eigenvalue weighted by Gasteiger charge is -2.29. The number of amides is 1. The molecule has 0 aliphatic carbocycles. The quantitative estimate of drug-likeness (QED) is 0.645. The molecule has 24 heavy (non-hydrogen) atoms. The van der Waals surface area contributed by atoms with E-state index in [-0.39, 0.29) is 11.7 Å². The van der Waals surface area contributed by atoms with Crippen LogP contribution in [0.5, 0.6) is 0 Å². The van der Waals surface area contributed by atoms with Crippen molar-refractivity contribution in [3.8, 4) is 0 Å². The lowest BCUT2D eigenvalue weighted by atomic mass is 9.96. The number of hydrogen-bond donors (Lipinski definition) is 0. The fraction of sp³-hybridized carbons (Fsp3) is 0.100. The molecular weight excluding hydrogens is 322 g/mol. The van der Waals surface area contributed by atoms with E-state index in [0.29, 0.717) is 34.8 Å². The van der Waals surface area contributed by atoms with Crippen LogP contribution >= 0.6 is 11.6 Å². The monoisotopic (exact) mass is 335 g/mol. The van der Waals surface area contributed by atoms with Crippen LogP contribution in [0.15, 0.2) is 60.7 Å². The minimum absolute atomic E-state index is 0.0795. The third-order valence-electron chi connectivity index (χ3n) is 4.35. The van der Waals surface area contributed by atoms with Crippen LogP contribution in [0, 0.1) is 0 Å². The Kier molecular flexibility index (Phi) is 3.58. The Labute approximate surface area is 144 Å². The molecule has 3 aromatic rings. The molecule has 0 saturated carbocycles. The van der Waals surface area contributed by atoms with Crippen molar-refractivity contribution in [1.29, 1.82) is 0 Å². The smallest absolute Gasteiger partial charge is 0.258 e. The maximum absolute atomic E-state index is 12.9. The van der Waals surface area contributed by atoms with Crippen molar-refractivity contribution in [1.82, 2.24) is 0 Å². The fourth-order valence-corrected chi connectivity index (χ4v) is 3.23. The molecular formula is C20H14ClNO2. The van der Waals surface area contributed by atoms with Crippen LogP contribution in [0.2, 0.25) is 5.02 Å². The van der Waals surface area contributed by atoms with Crippen molar-refractivity contribution in [2.24, 2.45) is 0 Å². The van der Waals surface area contributed by atoms with Crippen LogP contribution in [0.1, 0.15) is 27.1 Å². The highest BCUT2D eigenvalue weighted by molar-refractivity contribution is 6.30. The van der Waals surface area contributed by atoms with Gasteiger partial charge in [0.15, 0.2) is 5.78 Å². The minimum Gasteiger partial charge on any atom is -0.307 e. The molecule has 3 nitrogen and oxygen atoms in total. The van der Waals surface area contributed by atoms with Crippen molar-refractivity contribution in [3.05, 3.63) is 76.8 Å². The van der Waals surface area contributed by atoms with E-state index in [1.807, 2.05) is 36.4 Å². The SMILES string of the molecule is O=C1CCN(C(=O)c2ccc(Cl)cc2)c2cc3ccccc3cc21. The normalized spacial score (nSPS) is 13.9. The van der Waals surface area contributed by atoms with Crippen LogP contribution in [0.4, 0.5) is 5.69 Å². The summed E-state index contributed by atoms with van der Waals surface area (Å²) in [4.78, 5) is 26.9. The standard InChI is InChI=1S/C20H14ClNO2/c21-16-7-5-13(6-8-16)20(24)22-10-9-19(23)17-11-14-3-1-2-4-15(14)12-18(17)22/h1-8,11-12H,9-10H2. The largest absolute Gasteiger partial charge is 0.307 e. The van der Waals surface area contributed by atoms with Crippen molar-refractivity contribution in [2.45, 2.75) is 6.42 Å². The first-order chi connectivity index (χ1) is 11.6. The Morgan fingerprint density at radius 3 is 2.33 bits per heavy atom. The molecule has 1 heterocycles. The maximum Gasteiger partial charge on any atom is 0.258 e. The number of nitrogens with zero attached hydrogens (tertiary/aromatic N) is 1. The van der Waals surface area contributed by atoms with E-state index in [4.69, 9.17) is 11.6 Å². The topological polar surface area (TPSA) is 37.4 Å². The molecule has 0 radical (unpaired) electrons. The summed E-state index contributed by atoms with van der Waals surface area (Å²) in [6, 6.07) is 18.5. The Bertz CT molecular complexity index is 963. The summed E-state index contributed by atoms with van der Waals surface area (Å²) >= 11 is 5.90.